The Bertz CT molecular complexity index is 461. The van der Waals surface area contributed by atoms with E-state index in [9.17, 15) is 4.39 Å². The molecule has 1 aliphatic rings. The summed E-state index contributed by atoms with van der Waals surface area (Å²) in [5, 5.41) is 12.1. The van der Waals surface area contributed by atoms with Crippen LogP contribution in [-0.2, 0) is 6.54 Å². The second-order valence-electron chi connectivity index (χ2n) is 4.96. The molecule has 2 rings (SSSR count). The van der Waals surface area contributed by atoms with E-state index in [1.165, 1.54) is 6.07 Å². The van der Waals surface area contributed by atoms with Crippen LogP contribution >= 0.6 is 0 Å². The summed E-state index contributed by atoms with van der Waals surface area (Å²) in [5.41, 5.74) is 1.06. The Balaban J connectivity index is 2.07. The van der Waals surface area contributed by atoms with Crippen molar-refractivity contribution in [2.24, 2.45) is 0 Å². The summed E-state index contributed by atoms with van der Waals surface area (Å²) in [6.45, 7) is 5.74. The molecule has 4 heteroatoms. The largest absolute Gasteiger partial charge is 0.317 e. The van der Waals surface area contributed by atoms with Crippen LogP contribution in [0.3, 0.4) is 0 Å². The van der Waals surface area contributed by atoms with Crippen molar-refractivity contribution in [1.29, 1.82) is 5.26 Å². The minimum Gasteiger partial charge on any atom is -0.317 e. The van der Waals surface area contributed by atoms with Gasteiger partial charge in [-0.3, -0.25) is 4.90 Å². The Hall–Kier alpha value is -1.44. The summed E-state index contributed by atoms with van der Waals surface area (Å²) in [5.74, 6) is -0.272. The van der Waals surface area contributed by atoms with Crippen molar-refractivity contribution in [1.82, 2.24) is 10.2 Å². The third-order valence-corrected chi connectivity index (χ3v) is 3.79. The smallest absolute Gasteiger partial charge is 0.129 e. The topological polar surface area (TPSA) is 39.1 Å². The minimum absolute atomic E-state index is 0.272. The van der Waals surface area contributed by atoms with Crippen LogP contribution in [0.15, 0.2) is 18.2 Å². The van der Waals surface area contributed by atoms with Gasteiger partial charge in [0.05, 0.1) is 11.6 Å². The standard InChI is InChI=1S/C15H20FN3/c1-2-19(14-5-7-18-8-6-14)11-13-4-3-12(10-17)9-15(13)16/h3-4,9,14,18H,2,5-8,11H2,1H3. The molecule has 1 aliphatic heterocycles. The Morgan fingerprint density at radius 3 is 2.74 bits per heavy atom. The molecule has 1 saturated heterocycles. The number of nitrogens with one attached hydrogen (secondary N) is 1. The highest BCUT2D eigenvalue weighted by Crippen LogP contribution is 2.18. The third kappa shape index (κ3) is 3.52. The van der Waals surface area contributed by atoms with Crippen molar-refractivity contribution in [2.75, 3.05) is 19.6 Å². The van der Waals surface area contributed by atoms with Gasteiger partial charge in [-0.15, -0.1) is 0 Å². The number of hydrogen-bond acceptors (Lipinski definition) is 3. The van der Waals surface area contributed by atoms with Crippen LogP contribution in [-0.4, -0.2) is 30.6 Å². The average molecular weight is 261 g/mol. The molecule has 0 aromatic heterocycles. The van der Waals surface area contributed by atoms with Crippen molar-refractivity contribution in [2.45, 2.75) is 32.4 Å². The van der Waals surface area contributed by atoms with E-state index in [-0.39, 0.29) is 5.82 Å². The molecule has 0 aliphatic carbocycles. The number of nitriles is 1. The third-order valence-electron chi connectivity index (χ3n) is 3.79. The molecule has 1 N–H and O–H groups in total. The average Bonchev–Trinajstić information content (AvgIpc) is 2.47. The summed E-state index contributed by atoms with van der Waals surface area (Å²) in [4.78, 5) is 2.32. The van der Waals surface area contributed by atoms with E-state index in [1.807, 2.05) is 6.07 Å². The predicted molar refractivity (Wildman–Crippen MR) is 73.1 cm³/mol. The SMILES string of the molecule is CCN(Cc1ccc(C#N)cc1F)C1CCNCC1. The van der Waals surface area contributed by atoms with E-state index < -0.39 is 0 Å². The van der Waals surface area contributed by atoms with Crippen LogP contribution in [0.1, 0.15) is 30.9 Å². The zero-order chi connectivity index (χ0) is 13.7. The van der Waals surface area contributed by atoms with Gasteiger partial charge in [0.1, 0.15) is 5.82 Å². The van der Waals surface area contributed by atoms with Crippen LogP contribution < -0.4 is 5.32 Å². The molecule has 1 aromatic rings. The summed E-state index contributed by atoms with van der Waals surface area (Å²) in [6, 6.07) is 7.24. The first-order valence-electron chi connectivity index (χ1n) is 6.88. The van der Waals surface area contributed by atoms with Gasteiger partial charge in [0, 0.05) is 18.2 Å². The van der Waals surface area contributed by atoms with Gasteiger partial charge in [-0.05, 0) is 44.6 Å². The fraction of sp³-hybridized carbons (Fsp3) is 0.533. The van der Waals surface area contributed by atoms with Gasteiger partial charge < -0.3 is 5.32 Å². The van der Waals surface area contributed by atoms with Crippen LogP contribution in [0.2, 0.25) is 0 Å². The molecule has 1 fully saturated rings. The molecule has 0 amide bonds. The summed E-state index contributed by atoms with van der Waals surface area (Å²) in [6.07, 6.45) is 2.23. The fourth-order valence-corrected chi connectivity index (χ4v) is 2.63. The molecule has 0 radical (unpaired) electrons. The van der Waals surface area contributed by atoms with Crippen molar-refractivity contribution >= 4 is 0 Å². The van der Waals surface area contributed by atoms with Crippen molar-refractivity contribution in [3.8, 4) is 6.07 Å². The quantitative estimate of drug-likeness (QED) is 0.903. The lowest BCUT2D eigenvalue weighted by molar-refractivity contribution is 0.160. The molecule has 0 atom stereocenters. The van der Waals surface area contributed by atoms with Crippen molar-refractivity contribution in [3.63, 3.8) is 0 Å². The summed E-state index contributed by atoms with van der Waals surface area (Å²) in [7, 11) is 0. The van der Waals surface area contributed by atoms with E-state index >= 15 is 0 Å². The minimum atomic E-state index is -0.272. The van der Waals surface area contributed by atoms with Gasteiger partial charge in [-0.2, -0.15) is 5.26 Å². The van der Waals surface area contributed by atoms with Gasteiger partial charge in [0.2, 0.25) is 0 Å². The van der Waals surface area contributed by atoms with E-state index in [0.717, 1.165) is 32.5 Å². The molecule has 1 heterocycles. The second kappa shape index (κ2) is 6.65. The number of nitrogens with zero attached hydrogens (tertiary/aromatic N) is 2. The maximum atomic E-state index is 13.9. The van der Waals surface area contributed by atoms with Gasteiger partial charge in [0.15, 0.2) is 0 Å². The molecule has 0 unspecified atom stereocenters. The lowest BCUT2D eigenvalue weighted by Gasteiger charge is -2.34. The van der Waals surface area contributed by atoms with Gasteiger partial charge in [-0.25, -0.2) is 4.39 Å². The Morgan fingerprint density at radius 1 is 1.42 bits per heavy atom. The fourth-order valence-electron chi connectivity index (χ4n) is 2.63. The highest BCUT2D eigenvalue weighted by molar-refractivity contribution is 5.32. The maximum absolute atomic E-state index is 13.9. The van der Waals surface area contributed by atoms with Crippen molar-refractivity contribution < 1.29 is 4.39 Å². The normalized spacial score (nSPS) is 16.5. The molecule has 19 heavy (non-hydrogen) atoms. The van der Waals surface area contributed by atoms with Gasteiger partial charge in [-0.1, -0.05) is 13.0 Å². The monoisotopic (exact) mass is 261 g/mol. The zero-order valence-corrected chi connectivity index (χ0v) is 11.3. The number of hydrogen-bond donors (Lipinski definition) is 1. The lowest BCUT2D eigenvalue weighted by atomic mass is 10.0. The van der Waals surface area contributed by atoms with Gasteiger partial charge >= 0.3 is 0 Å². The lowest BCUT2D eigenvalue weighted by Crippen LogP contribution is -2.42. The molecule has 1 aromatic carbocycles. The zero-order valence-electron chi connectivity index (χ0n) is 11.3. The summed E-state index contributed by atoms with van der Waals surface area (Å²) >= 11 is 0. The summed E-state index contributed by atoms with van der Waals surface area (Å²) < 4.78 is 13.9. The first kappa shape index (κ1) is 14.0. The van der Waals surface area contributed by atoms with Crippen LogP contribution in [0.25, 0.3) is 0 Å². The maximum Gasteiger partial charge on any atom is 0.129 e. The predicted octanol–water partition coefficient (Wildman–Crippen LogP) is 2.27. The van der Waals surface area contributed by atoms with Crippen LogP contribution in [0.4, 0.5) is 4.39 Å². The highest BCUT2D eigenvalue weighted by atomic mass is 19.1. The van der Waals surface area contributed by atoms with E-state index in [0.29, 0.717) is 23.7 Å². The number of benzene rings is 1. The van der Waals surface area contributed by atoms with Crippen LogP contribution in [0, 0.1) is 17.1 Å². The first-order chi connectivity index (χ1) is 9.24. The van der Waals surface area contributed by atoms with Crippen molar-refractivity contribution in [3.05, 3.63) is 35.1 Å². The molecular formula is C15H20FN3. The highest BCUT2D eigenvalue weighted by Gasteiger charge is 2.20. The number of piperidine rings is 1. The first-order valence-corrected chi connectivity index (χ1v) is 6.88. The number of halogens is 1. The molecule has 0 saturated carbocycles. The van der Waals surface area contributed by atoms with Crippen LogP contribution in [0.5, 0.6) is 0 Å². The molecule has 0 bridgehead atoms. The molecule has 3 nitrogen and oxygen atoms in total. The van der Waals surface area contributed by atoms with Gasteiger partial charge in [0.25, 0.3) is 0 Å². The molecule has 0 spiro atoms. The van der Waals surface area contributed by atoms with E-state index in [1.54, 1.807) is 12.1 Å². The van der Waals surface area contributed by atoms with E-state index in [2.05, 4.69) is 17.1 Å². The second-order valence-corrected chi connectivity index (χ2v) is 4.96. The van der Waals surface area contributed by atoms with E-state index in [4.69, 9.17) is 5.26 Å². The molecular weight excluding hydrogens is 241 g/mol. The Labute approximate surface area is 114 Å². The Morgan fingerprint density at radius 2 is 2.16 bits per heavy atom. The molecule has 102 valence electrons. The number of rotatable bonds is 4. The Kier molecular flexibility index (Phi) is 4.89.